The van der Waals surface area contributed by atoms with Crippen LogP contribution in [0.5, 0.6) is 0 Å². The van der Waals surface area contributed by atoms with Crippen molar-refractivity contribution >= 4 is 15.8 Å². The molecule has 0 saturated heterocycles. The van der Waals surface area contributed by atoms with Crippen LogP contribution in [-0.2, 0) is 14.6 Å². The minimum Gasteiger partial charge on any atom is -0.375 e. The minimum atomic E-state index is -2.95. The molecule has 0 aromatic heterocycles. The van der Waals surface area contributed by atoms with Crippen LogP contribution in [0.4, 0.5) is 0 Å². The Morgan fingerprint density at radius 1 is 1.29 bits per heavy atom. The number of methoxy groups -OCH3 is 1. The number of benzene rings is 1. The van der Waals surface area contributed by atoms with Gasteiger partial charge in [0, 0.05) is 26.0 Å². The maximum atomic E-state index is 11.3. The highest BCUT2D eigenvalue weighted by atomic mass is 32.2. The van der Waals surface area contributed by atoms with Gasteiger partial charge in [0.15, 0.2) is 5.96 Å². The lowest BCUT2D eigenvalue weighted by Gasteiger charge is -2.19. The molecule has 24 heavy (non-hydrogen) atoms. The molecule has 1 rings (SSSR count). The maximum absolute atomic E-state index is 11.3. The molecule has 0 bridgehead atoms. The fourth-order valence-corrected chi connectivity index (χ4v) is 2.96. The van der Waals surface area contributed by atoms with E-state index in [9.17, 15) is 8.42 Å². The molecule has 0 aliphatic rings. The molecule has 0 radical (unpaired) electrons. The van der Waals surface area contributed by atoms with Gasteiger partial charge in [-0.2, -0.15) is 0 Å². The topological polar surface area (TPSA) is 79.8 Å². The quantitative estimate of drug-likeness (QED) is 0.521. The molecule has 136 valence electrons. The van der Waals surface area contributed by atoms with Gasteiger partial charge < -0.3 is 15.4 Å². The molecule has 6 nitrogen and oxygen atoms in total. The van der Waals surface area contributed by atoms with Crippen molar-refractivity contribution in [2.75, 3.05) is 32.2 Å². The van der Waals surface area contributed by atoms with E-state index in [4.69, 9.17) is 4.74 Å². The summed E-state index contributed by atoms with van der Waals surface area (Å²) >= 11 is 0. The Labute approximate surface area is 145 Å². The Morgan fingerprint density at radius 3 is 2.50 bits per heavy atom. The van der Waals surface area contributed by atoms with Crippen LogP contribution >= 0.6 is 0 Å². The van der Waals surface area contributed by atoms with Crippen LogP contribution in [0.15, 0.2) is 35.3 Å². The second-order valence-electron chi connectivity index (χ2n) is 5.82. The fourth-order valence-electron chi connectivity index (χ4n) is 2.17. The van der Waals surface area contributed by atoms with Crippen molar-refractivity contribution in [2.24, 2.45) is 4.99 Å². The van der Waals surface area contributed by atoms with Crippen molar-refractivity contribution in [3.8, 4) is 0 Å². The van der Waals surface area contributed by atoms with Crippen LogP contribution < -0.4 is 10.6 Å². The van der Waals surface area contributed by atoms with Gasteiger partial charge in [0.05, 0.1) is 12.3 Å². The first kappa shape index (κ1) is 20.4. The third-order valence-electron chi connectivity index (χ3n) is 3.52. The van der Waals surface area contributed by atoms with Crippen molar-refractivity contribution < 1.29 is 13.2 Å². The van der Waals surface area contributed by atoms with Crippen molar-refractivity contribution in [3.63, 3.8) is 0 Å². The first-order valence-corrected chi connectivity index (χ1v) is 10.2. The first-order chi connectivity index (χ1) is 11.4. The number of guanidine groups is 1. The van der Waals surface area contributed by atoms with E-state index < -0.39 is 9.84 Å². The Bertz CT molecular complexity index is 603. The zero-order valence-corrected chi connectivity index (χ0v) is 15.8. The number of nitrogens with one attached hydrogen (secondary N) is 2. The Balaban J connectivity index is 2.66. The highest BCUT2D eigenvalue weighted by Gasteiger charge is 2.12. The van der Waals surface area contributed by atoms with Gasteiger partial charge in [0.1, 0.15) is 15.9 Å². The number of rotatable bonds is 9. The number of aliphatic imine (C=N–C) groups is 1. The van der Waals surface area contributed by atoms with Gasteiger partial charge in [0.25, 0.3) is 0 Å². The van der Waals surface area contributed by atoms with Crippen LogP contribution in [0.1, 0.15) is 31.9 Å². The molecule has 0 heterocycles. The second-order valence-corrected chi connectivity index (χ2v) is 8.08. The van der Waals surface area contributed by atoms with Gasteiger partial charge in [-0.15, -0.1) is 0 Å². The summed E-state index contributed by atoms with van der Waals surface area (Å²) in [5.74, 6) is 0.821. The van der Waals surface area contributed by atoms with E-state index in [1.54, 1.807) is 7.11 Å². The molecule has 2 unspecified atom stereocenters. The number of ether oxygens (including phenoxy) is 1. The van der Waals surface area contributed by atoms with Gasteiger partial charge in [-0.3, -0.25) is 4.99 Å². The number of hydrogen-bond donors (Lipinski definition) is 2. The molecule has 2 atom stereocenters. The molecule has 0 saturated carbocycles. The summed E-state index contributed by atoms with van der Waals surface area (Å²) in [5, 5.41) is 6.42. The number of hydrogen-bond acceptors (Lipinski definition) is 4. The average molecular weight is 356 g/mol. The lowest BCUT2D eigenvalue weighted by atomic mass is 10.1. The summed E-state index contributed by atoms with van der Waals surface area (Å²) in [6.07, 6.45) is 1.67. The zero-order valence-electron chi connectivity index (χ0n) is 15.0. The summed E-state index contributed by atoms with van der Waals surface area (Å²) in [7, 11) is -1.28. The summed E-state index contributed by atoms with van der Waals surface area (Å²) in [5.41, 5.74) is 1.07. The lowest BCUT2D eigenvalue weighted by Crippen LogP contribution is -2.43. The second kappa shape index (κ2) is 10.3. The summed E-state index contributed by atoms with van der Waals surface area (Å²) < 4.78 is 28.1. The van der Waals surface area contributed by atoms with Crippen molar-refractivity contribution in [1.82, 2.24) is 10.6 Å². The van der Waals surface area contributed by atoms with Gasteiger partial charge in [-0.1, -0.05) is 30.3 Å². The molecule has 1 aromatic rings. The molecule has 7 heteroatoms. The number of sulfone groups is 1. The molecule has 1 aromatic carbocycles. The van der Waals surface area contributed by atoms with Gasteiger partial charge in [0.2, 0.25) is 0 Å². The van der Waals surface area contributed by atoms with E-state index >= 15 is 0 Å². The Hall–Kier alpha value is -1.60. The molecule has 0 aliphatic heterocycles. The van der Waals surface area contributed by atoms with Crippen LogP contribution in [0, 0.1) is 0 Å². The predicted molar refractivity (Wildman–Crippen MR) is 99.1 cm³/mol. The number of nitrogens with zero attached hydrogens (tertiary/aromatic N) is 1. The van der Waals surface area contributed by atoms with Crippen molar-refractivity contribution in [3.05, 3.63) is 35.9 Å². The van der Waals surface area contributed by atoms with Crippen LogP contribution in [0.25, 0.3) is 0 Å². The fraction of sp³-hybridized carbons (Fsp3) is 0.588. The third kappa shape index (κ3) is 8.31. The highest BCUT2D eigenvalue weighted by Crippen LogP contribution is 2.16. The summed E-state index contributed by atoms with van der Waals surface area (Å²) in [6.45, 7) is 5.15. The van der Waals surface area contributed by atoms with Crippen molar-refractivity contribution in [2.45, 2.75) is 32.4 Å². The van der Waals surface area contributed by atoms with E-state index in [2.05, 4.69) is 15.6 Å². The molecule has 0 spiro atoms. The van der Waals surface area contributed by atoms with Gasteiger partial charge in [-0.05, 0) is 25.8 Å². The van der Waals surface area contributed by atoms with E-state index in [1.165, 1.54) is 6.26 Å². The first-order valence-electron chi connectivity index (χ1n) is 8.16. The minimum absolute atomic E-state index is 0.00949. The largest absolute Gasteiger partial charge is 0.375 e. The van der Waals surface area contributed by atoms with E-state index in [0.29, 0.717) is 18.9 Å². The SMILES string of the molecule is CCNC(=NCC(OC)c1ccccc1)NC(C)CCS(C)(=O)=O. The molecule has 0 fully saturated rings. The summed E-state index contributed by atoms with van der Waals surface area (Å²) in [4.78, 5) is 4.57. The Morgan fingerprint density at radius 2 is 1.96 bits per heavy atom. The molecule has 0 aliphatic carbocycles. The summed E-state index contributed by atoms with van der Waals surface area (Å²) in [6, 6.07) is 9.95. The highest BCUT2D eigenvalue weighted by molar-refractivity contribution is 7.90. The van der Waals surface area contributed by atoms with E-state index in [1.807, 2.05) is 44.2 Å². The van der Waals surface area contributed by atoms with Crippen LogP contribution in [0.3, 0.4) is 0 Å². The van der Waals surface area contributed by atoms with E-state index in [0.717, 1.165) is 12.1 Å². The normalized spacial score (nSPS) is 14.9. The van der Waals surface area contributed by atoms with Crippen molar-refractivity contribution in [1.29, 1.82) is 0 Å². The van der Waals surface area contributed by atoms with Crippen LogP contribution in [-0.4, -0.2) is 52.6 Å². The molecule has 2 N–H and O–H groups in total. The van der Waals surface area contributed by atoms with Gasteiger partial charge in [-0.25, -0.2) is 8.42 Å². The lowest BCUT2D eigenvalue weighted by molar-refractivity contribution is 0.111. The van der Waals surface area contributed by atoms with Crippen LogP contribution in [0.2, 0.25) is 0 Å². The predicted octanol–water partition coefficient (Wildman–Crippen LogP) is 1.75. The molecular weight excluding hydrogens is 326 g/mol. The third-order valence-corrected chi connectivity index (χ3v) is 4.50. The molecule has 0 amide bonds. The standard InChI is InChI=1S/C17H29N3O3S/c1-5-18-17(20-14(2)11-12-24(4,21)22)19-13-16(23-3)15-9-7-6-8-10-15/h6-10,14,16H,5,11-13H2,1-4H3,(H2,18,19,20). The molecular formula is C17H29N3O3S. The van der Waals surface area contributed by atoms with E-state index in [-0.39, 0.29) is 17.9 Å². The monoisotopic (exact) mass is 355 g/mol. The smallest absolute Gasteiger partial charge is 0.191 e. The Kier molecular flexibility index (Phi) is 8.78. The zero-order chi connectivity index (χ0) is 18.0. The average Bonchev–Trinajstić information content (AvgIpc) is 2.54. The van der Waals surface area contributed by atoms with Gasteiger partial charge >= 0.3 is 0 Å². The maximum Gasteiger partial charge on any atom is 0.191 e.